The Kier molecular flexibility index (Phi) is 4.70. The Morgan fingerprint density at radius 1 is 1.28 bits per heavy atom. The second-order valence-corrected chi connectivity index (χ2v) is 6.29. The highest BCUT2D eigenvalue weighted by Crippen LogP contribution is 2.38. The number of para-hydroxylation sites is 1. The second-order valence-electron chi connectivity index (χ2n) is 6.29. The third-order valence-corrected chi connectivity index (χ3v) is 4.44. The van der Waals surface area contributed by atoms with Gasteiger partial charge in [-0.3, -0.25) is 9.59 Å². The molecule has 2 heterocycles. The first kappa shape index (κ1) is 17.0. The van der Waals surface area contributed by atoms with Crippen LogP contribution in [0, 0.1) is 6.92 Å². The molecule has 1 aromatic carbocycles. The van der Waals surface area contributed by atoms with E-state index in [4.69, 9.17) is 0 Å². The van der Waals surface area contributed by atoms with Crippen LogP contribution in [0.1, 0.15) is 36.9 Å². The quantitative estimate of drug-likeness (QED) is 0.897. The molecule has 2 N–H and O–H groups in total. The van der Waals surface area contributed by atoms with Crippen LogP contribution in [-0.2, 0) is 9.59 Å². The number of aromatic hydroxyl groups is 1. The SMILES string of the molecule is CC(=O)N1C[C@@H](CCC(=O)Nc2nc(C)ccc2O)c2ccccc21. The number of carbonyl (C=O) groups is 2. The summed E-state index contributed by atoms with van der Waals surface area (Å²) >= 11 is 0. The van der Waals surface area contributed by atoms with Gasteiger partial charge in [0.2, 0.25) is 11.8 Å². The van der Waals surface area contributed by atoms with Crippen molar-refractivity contribution < 1.29 is 14.7 Å². The number of aromatic nitrogens is 1. The Labute approximate surface area is 146 Å². The van der Waals surface area contributed by atoms with Gasteiger partial charge in [-0.05, 0) is 37.1 Å². The standard InChI is InChI=1S/C19H21N3O3/c1-12-7-9-17(24)19(20-12)21-18(25)10-8-14-11-22(13(2)23)16-6-4-3-5-15(14)16/h3-7,9,14,24H,8,10-11H2,1-2H3,(H,20,21,25)/t14-/m1/s1. The summed E-state index contributed by atoms with van der Waals surface area (Å²) in [5.41, 5.74) is 2.75. The van der Waals surface area contributed by atoms with E-state index in [2.05, 4.69) is 10.3 Å². The minimum atomic E-state index is -0.202. The maximum Gasteiger partial charge on any atom is 0.225 e. The normalized spacial score (nSPS) is 15.8. The van der Waals surface area contributed by atoms with E-state index in [1.54, 1.807) is 24.8 Å². The zero-order valence-electron chi connectivity index (χ0n) is 14.3. The van der Waals surface area contributed by atoms with E-state index in [9.17, 15) is 14.7 Å². The molecule has 0 fully saturated rings. The van der Waals surface area contributed by atoms with Crippen LogP contribution in [0.15, 0.2) is 36.4 Å². The number of nitrogens with one attached hydrogen (secondary N) is 1. The van der Waals surface area contributed by atoms with Gasteiger partial charge in [-0.1, -0.05) is 18.2 Å². The lowest BCUT2D eigenvalue weighted by Gasteiger charge is -2.15. The van der Waals surface area contributed by atoms with Crippen molar-refractivity contribution in [2.24, 2.45) is 0 Å². The van der Waals surface area contributed by atoms with Crippen molar-refractivity contribution in [1.29, 1.82) is 0 Å². The molecule has 2 amide bonds. The van der Waals surface area contributed by atoms with Crippen molar-refractivity contribution in [2.45, 2.75) is 32.6 Å². The molecule has 0 saturated carbocycles. The summed E-state index contributed by atoms with van der Waals surface area (Å²) in [4.78, 5) is 29.9. The molecule has 1 aromatic heterocycles. The molecule has 1 atom stereocenters. The lowest BCUT2D eigenvalue weighted by molar-refractivity contribution is -0.116. The number of pyridine rings is 1. The number of hydrogen-bond acceptors (Lipinski definition) is 4. The monoisotopic (exact) mass is 339 g/mol. The maximum atomic E-state index is 12.2. The molecule has 0 bridgehead atoms. The molecule has 1 aliphatic heterocycles. The van der Waals surface area contributed by atoms with Gasteiger partial charge in [0.05, 0.1) is 0 Å². The number of hydrogen-bond donors (Lipinski definition) is 2. The molecule has 6 nitrogen and oxygen atoms in total. The van der Waals surface area contributed by atoms with Gasteiger partial charge >= 0.3 is 0 Å². The molecular weight excluding hydrogens is 318 g/mol. The van der Waals surface area contributed by atoms with Gasteiger partial charge < -0.3 is 15.3 Å². The van der Waals surface area contributed by atoms with Crippen molar-refractivity contribution >= 4 is 23.3 Å². The Balaban J connectivity index is 1.65. The van der Waals surface area contributed by atoms with E-state index in [0.29, 0.717) is 19.4 Å². The summed E-state index contributed by atoms with van der Waals surface area (Å²) in [7, 11) is 0. The average Bonchev–Trinajstić information content (AvgIpc) is 2.95. The van der Waals surface area contributed by atoms with E-state index >= 15 is 0 Å². The molecule has 1 aliphatic rings. The van der Waals surface area contributed by atoms with Crippen LogP contribution in [0.3, 0.4) is 0 Å². The number of aryl methyl sites for hydroxylation is 1. The third-order valence-electron chi connectivity index (χ3n) is 4.44. The lowest BCUT2D eigenvalue weighted by Crippen LogP contribution is -2.27. The highest BCUT2D eigenvalue weighted by molar-refractivity contribution is 5.94. The minimum Gasteiger partial charge on any atom is -0.504 e. The Morgan fingerprint density at radius 2 is 2.04 bits per heavy atom. The number of anilines is 2. The van der Waals surface area contributed by atoms with E-state index < -0.39 is 0 Å². The Hall–Kier alpha value is -2.89. The third kappa shape index (κ3) is 3.63. The Bertz CT molecular complexity index is 819. The van der Waals surface area contributed by atoms with Crippen molar-refractivity contribution in [3.05, 3.63) is 47.7 Å². The van der Waals surface area contributed by atoms with Crippen LogP contribution in [0.4, 0.5) is 11.5 Å². The molecule has 2 aromatic rings. The number of rotatable bonds is 4. The first-order valence-electron chi connectivity index (χ1n) is 8.29. The second kappa shape index (κ2) is 6.93. The van der Waals surface area contributed by atoms with E-state index in [-0.39, 0.29) is 29.3 Å². The van der Waals surface area contributed by atoms with Gasteiger partial charge in [-0.25, -0.2) is 4.98 Å². The first-order valence-corrected chi connectivity index (χ1v) is 8.29. The predicted molar refractivity (Wildman–Crippen MR) is 95.7 cm³/mol. The molecule has 3 rings (SSSR count). The molecule has 0 aliphatic carbocycles. The van der Waals surface area contributed by atoms with Gasteiger partial charge in [0.15, 0.2) is 11.6 Å². The van der Waals surface area contributed by atoms with Crippen molar-refractivity contribution in [1.82, 2.24) is 4.98 Å². The van der Waals surface area contributed by atoms with Crippen LogP contribution in [0.5, 0.6) is 5.75 Å². The van der Waals surface area contributed by atoms with Gasteiger partial charge in [-0.2, -0.15) is 0 Å². The molecule has 0 radical (unpaired) electrons. The molecule has 25 heavy (non-hydrogen) atoms. The van der Waals surface area contributed by atoms with Crippen LogP contribution in [0.2, 0.25) is 0 Å². The first-order chi connectivity index (χ1) is 12.0. The molecule has 0 saturated heterocycles. The van der Waals surface area contributed by atoms with Crippen LogP contribution < -0.4 is 10.2 Å². The summed E-state index contributed by atoms with van der Waals surface area (Å²) in [5.74, 6) is 0.0699. The Morgan fingerprint density at radius 3 is 2.80 bits per heavy atom. The van der Waals surface area contributed by atoms with E-state index in [0.717, 1.165) is 16.9 Å². The van der Waals surface area contributed by atoms with Crippen molar-refractivity contribution in [3.63, 3.8) is 0 Å². The highest BCUT2D eigenvalue weighted by Gasteiger charge is 2.30. The molecule has 6 heteroatoms. The summed E-state index contributed by atoms with van der Waals surface area (Å²) in [6, 6.07) is 11.0. The molecule has 130 valence electrons. The minimum absolute atomic E-state index is 0.00767. The maximum absolute atomic E-state index is 12.2. The number of benzene rings is 1. The molecule has 0 unspecified atom stereocenters. The fourth-order valence-corrected chi connectivity index (χ4v) is 3.18. The molecular formula is C19H21N3O3. The average molecular weight is 339 g/mol. The van der Waals surface area contributed by atoms with Gasteiger partial charge in [0.25, 0.3) is 0 Å². The van der Waals surface area contributed by atoms with Crippen LogP contribution in [0.25, 0.3) is 0 Å². The summed E-state index contributed by atoms with van der Waals surface area (Å²) in [6.07, 6.45) is 0.916. The summed E-state index contributed by atoms with van der Waals surface area (Å²) < 4.78 is 0. The smallest absolute Gasteiger partial charge is 0.225 e. The molecule has 0 spiro atoms. The van der Waals surface area contributed by atoms with Gasteiger partial charge in [0.1, 0.15) is 0 Å². The van der Waals surface area contributed by atoms with Crippen molar-refractivity contribution in [3.8, 4) is 5.75 Å². The predicted octanol–water partition coefficient (Wildman–Crippen LogP) is 2.96. The van der Waals surface area contributed by atoms with Gasteiger partial charge in [-0.15, -0.1) is 0 Å². The topological polar surface area (TPSA) is 82.5 Å². The lowest BCUT2D eigenvalue weighted by atomic mass is 9.96. The summed E-state index contributed by atoms with van der Waals surface area (Å²) in [6.45, 7) is 3.94. The highest BCUT2D eigenvalue weighted by atomic mass is 16.3. The van der Waals surface area contributed by atoms with Crippen LogP contribution in [-0.4, -0.2) is 28.4 Å². The number of amides is 2. The zero-order valence-corrected chi connectivity index (χ0v) is 14.3. The summed E-state index contributed by atoms with van der Waals surface area (Å²) in [5, 5.41) is 12.4. The van der Waals surface area contributed by atoms with E-state index in [1.165, 1.54) is 6.07 Å². The fourth-order valence-electron chi connectivity index (χ4n) is 3.18. The number of carbonyl (C=O) groups excluding carboxylic acids is 2. The number of nitrogens with zero attached hydrogens (tertiary/aromatic N) is 2. The van der Waals surface area contributed by atoms with Crippen LogP contribution >= 0.6 is 0 Å². The van der Waals surface area contributed by atoms with Crippen molar-refractivity contribution in [2.75, 3.05) is 16.8 Å². The fraction of sp³-hybridized carbons (Fsp3) is 0.316. The number of fused-ring (bicyclic) bond motifs is 1. The zero-order chi connectivity index (χ0) is 18.0. The largest absolute Gasteiger partial charge is 0.504 e. The van der Waals surface area contributed by atoms with Gasteiger partial charge in [0, 0.05) is 37.2 Å². The van der Waals surface area contributed by atoms with E-state index in [1.807, 2.05) is 24.3 Å².